The van der Waals surface area contributed by atoms with Gasteiger partial charge in [0.1, 0.15) is 12.6 Å². The lowest BCUT2D eigenvalue weighted by molar-refractivity contribution is -0.137. The van der Waals surface area contributed by atoms with Crippen molar-refractivity contribution in [3.63, 3.8) is 0 Å². The van der Waals surface area contributed by atoms with Crippen LogP contribution in [0.15, 0.2) is 18.2 Å². The molecule has 1 aliphatic heterocycles. The number of urea groups is 1. The van der Waals surface area contributed by atoms with Crippen molar-refractivity contribution >= 4 is 29.2 Å². The Balaban J connectivity index is 2.24. The number of carbonyl (C=O) groups excluding carboxylic acids is 3. The van der Waals surface area contributed by atoms with Gasteiger partial charge >= 0.3 is 12.2 Å². The number of nitrogens with two attached hydrogens (primary N) is 1. The van der Waals surface area contributed by atoms with E-state index in [4.69, 9.17) is 10.5 Å². The molecule has 12 heteroatoms. The first-order valence-corrected chi connectivity index (χ1v) is 8.82. The van der Waals surface area contributed by atoms with Crippen LogP contribution in [-0.2, 0) is 20.5 Å². The lowest BCUT2D eigenvalue weighted by Crippen LogP contribution is -2.51. The van der Waals surface area contributed by atoms with Crippen LogP contribution in [-0.4, -0.2) is 56.7 Å². The summed E-state index contributed by atoms with van der Waals surface area (Å²) in [6, 6.07) is 1.31. The van der Waals surface area contributed by atoms with Crippen LogP contribution in [0, 0.1) is 0 Å². The highest BCUT2D eigenvalue weighted by Gasteiger charge is 2.37. The molecule has 1 saturated heterocycles. The fraction of sp³-hybridized carbons (Fsp3) is 0.471. The summed E-state index contributed by atoms with van der Waals surface area (Å²) in [5, 5.41) is 7.05. The number of hydrogen-bond donors (Lipinski definition) is 4. The number of nitrogens with zero attached hydrogens (tertiary/aromatic N) is 1. The van der Waals surface area contributed by atoms with E-state index in [1.54, 1.807) is 6.92 Å². The molecule has 2 rings (SSSR count). The molecule has 4 amide bonds. The topological polar surface area (TPSA) is 126 Å². The lowest BCUT2D eigenvalue weighted by atomic mass is 10.1. The zero-order valence-corrected chi connectivity index (χ0v) is 15.6. The number of rotatable bonds is 6. The van der Waals surface area contributed by atoms with Crippen molar-refractivity contribution in [3.05, 3.63) is 23.8 Å². The SMILES string of the molecule is CCNC(=O)N[C@H](CN)C(=O)Nc1ccc(N2CCOCC2=O)c(C(F)(F)F)c1. The zero-order chi connectivity index (χ0) is 21.6. The van der Waals surface area contributed by atoms with Gasteiger partial charge in [0.25, 0.3) is 5.91 Å². The fourth-order valence-electron chi connectivity index (χ4n) is 2.68. The van der Waals surface area contributed by atoms with Crippen molar-refractivity contribution in [2.24, 2.45) is 5.73 Å². The summed E-state index contributed by atoms with van der Waals surface area (Å²) in [5.41, 5.74) is 3.92. The minimum absolute atomic E-state index is 0.0146. The first kappa shape index (κ1) is 22.4. The standard InChI is InChI=1S/C17H22F3N5O4/c1-2-22-16(28)24-12(8-21)15(27)23-10-3-4-13(11(7-10)17(18,19)20)25-5-6-29-9-14(25)26/h3-4,7,12H,2,5-6,8-9,21H2,1H3,(H,23,27)(H2,22,24,28)/t12-/m1/s1. The molecule has 9 nitrogen and oxygen atoms in total. The largest absolute Gasteiger partial charge is 0.418 e. The van der Waals surface area contributed by atoms with Gasteiger partial charge in [-0.1, -0.05) is 0 Å². The summed E-state index contributed by atoms with van der Waals surface area (Å²) in [5.74, 6) is -1.37. The van der Waals surface area contributed by atoms with Crippen LogP contribution in [0.1, 0.15) is 12.5 Å². The van der Waals surface area contributed by atoms with Crippen molar-refractivity contribution < 1.29 is 32.3 Å². The Morgan fingerprint density at radius 2 is 2.07 bits per heavy atom. The van der Waals surface area contributed by atoms with Gasteiger partial charge in [0.2, 0.25) is 5.91 Å². The molecule has 1 aliphatic rings. The maximum absolute atomic E-state index is 13.6. The maximum atomic E-state index is 13.6. The third kappa shape index (κ3) is 5.81. The van der Waals surface area contributed by atoms with Gasteiger partial charge in [-0.2, -0.15) is 13.2 Å². The fourth-order valence-corrected chi connectivity index (χ4v) is 2.68. The minimum atomic E-state index is -4.76. The molecular weight excluding hydrogens is 395 g/mol. The van der Waals surface area contributed by atoms with Crippen LogP contribution in [0.5, 0.6) is 0 Å². The average Bonchev–Trinajstić information content (AvgIpc) is 2.66. The van der Waals surface area contributed by atoms with E-state index in [9.17, 15) is 27.6 Å². The van der Waals surface area contributed by atoms with E-state index in [1.807, 2.05) is 0 Å². The summed E-state index contributed by atoms with van der Waals surface area (Å²) < 4.78 is 45.6. The second-order valence-corrected chi connectivity index (χ2v) is 6.11. The quantitative estimate of drug-likeness (QED) is 0.541. The molecule has 29 heavy (non-hydrogen) atoms. The van der Waals surface area contributed by atoms with E-state index in [1.165, 1.54) is 6.07 Å². The molecule has 1 atom stereocenters. The first-order chi connectivity index (χ1) is 13.7. The van der Waals surface area contributed by atoms with Crippen LogP contribution in [0.4, 0.5) is 29.3 Å². The van der Waals surface area contributed by atoms with Gasteiger partial charge < -0.3 is 31.3 Å². The number of carbonyl (C=O) groups is 3. The van der Waals surface area contributed by atoms with E-state index >= 15 is 0 Å². The molecule has 160 valence electrons. The summed E-state index contributed by atoms with van der Waals surface area (Å²) in [4.78, 5) is 36.8. The number of hydrogen-bond acceptors (Lipinski definition) is 5. The van der Waals surface area contributed by atoms with Gasteiger partial charge in [-0.05, 0) is 25.1 Å². The van der Waals surface area contributed by atoms with Crippen LogP contribution < -0.4 is 26.6 Å². The number of benzene rings is 1. The predicted octanol–water partition coefficient (Wildman–Crippen LogP) is 0.653. The Labute approximate surface area is 164 Å². The summed E-state index contributed by atoms with van der Waals surface area (Å²) >= 11 is 0. The second kappa shape index (κ2) is 9.56. The van der Waals surface area contributed by atoms with Crippen LogP contribution in [0.25, 0.3) is 0 Å². The Morgan fingerprint density at radius 3 is 2.66 bits per heavy atom. The highest BCUT2D eigenvalue weighted by atomic mass is 19.4. The molecule has 0 aromatic heterocycles. The minimum Gasteiger partial charge on any atom is -0.370 e. The zero-order valence-electron chi connectivity index (χ0n) is 15.6. The Hall–Kier alpha value is -2.86. The Bertz CT molecular complexity index is 772. The van der Waals surface area contributed by atoms with Gasteiger partial charge in [-0.25, -0.2) is 4.79 Å². The molecule has 1 heterocycles. The lowest BCUT2D eigenvalue weighted by Gasteiger charge is -2.29. The molecule has 0 spiro atoms. The van der Waals surface area contributed by atoms with E-state index < -0.39 is 35.6 Å². The summed E-state index contributed by atoms with van der Waals surface area (Å²) in [6.07, 6.45) is -4.76. The van der Waals surface area contributed by atoms with Crippen molar-refractivity contribution in [3.8, 4) is 0 Å². The van der Waals surface area contributed by atoms with Crippen molar-refractivity contribution in [1.82, 2.24) is 10.6 Å². The van der Waals surface area contributed by atoms with Crippen LogP contribution in [0.3, 0.4) is 0 Å². The molecule has 0 radical (unpaired) electrons. The maximum Gasteiger partial charge on any atom is 0.418 e. The number of amides is 4. The van der Waals surface area contributed by atoms with Gasteiger partial charge in [-0.3, -0.25) is 9.59 Å². The van der Waals surface area contributed by atoms with Crippen molar-refractivity contribution in [2.45, 2.75) is 19.1 Å². The van der Waals surface area contributed by atoms with Crippen LogP contribution >= 0.6 is 0 Å². The highest BCUT2D eigenvalue weighted by molar-refractivity contribution is 5.99. The van der Waals surface area contributed by atoms with E-state index in [-0.39, 0.29) is 37.7 Å². The molecule has 0 unspecified atom stereocenters. The molecule has 0 bridgehead atoms. The van der Waals surface area contributed by atoms with Gasteiger partial charge in [0, 0.05) is 25.3 Å². The first-order valence-electron chi connectivity index (χ1n) is 8.82. The van der Waals surface area contributed by atoms with E-state index in [0.29, 0.717) is 6.54 Å². The third-order valence-corrected chi connectivity index (χ3v) is 4.04. The Kier molecular flexibility index (Phi) is 7.40. The molecule has 1 aromatic rings. The molecule has 0 aliphatic carbocycles. The number of ether oxygens (including phenoxy) is 1. The third-order valence-electron chi connectivity index (χ3n) is 4.04. The highest BCUT2D eigenvalue weighted by Crippen LogP contribution is 2.38. The average molecular weight is 417 g/mol. The monoisotopic (exact) mass is 417 g/mol. The molecule has 5 N–H and O–H groups in total. The number of alkyl halides is 3. The number of anilines is 2. The normalized spacial score (nSPS) is 15.6. The van der Waals surface area contributed by atoms with Crippen molar-refractivity contribution in [1.29, 1.82) is 0 Å². The number of halogens is 3. The van der Waals surface area contributed by atoms with Gasteiger partial charge in [0.15, 0.2) is 0 Å². The summed E-state index contributed by atoms with van der Waals surface area (Å²) in [7, 11) is 0. The summed E-state index contributed by atoms with van der Waals surface area (Å²) in [6.45, 7) is 1.54. The second-order valence-electron chi connectivity index (χ2n) is 6.11. The van der Waals surface area contributed by atoms with Gasteiger partial charge in [0.05, 0.1) is 17.9 Å². The Morgan fingerprint density at radius 1 is 1.34 bits per heavy atom. The molecule has 1 fully saturated rings. The van der Waals surface area contributed by atoms with Crippen molar-refractivity contribution in [2.75, 3.05) is 43.1 Å². The predicted molar refractivity (Wildman–Crippen MR) is 98.3 cm³/mol. The van der Waals surface area contributed by atoms with E-state index in [0.717, 1.165) is 17.0 Å². The molecular formula is C17H22F3N5O4. The number of nitrogens with one attached hydrogen (secondary N) is 3. The van der Waals surface area contributed by atoms with E-state index in [2.05, 4.69) is 16.0 Å². The smallest absolute Gasteiger partial charge is 0.370 e. The molecule has 1 aromatic carbocycles. The number of morpholine rings is 1. The van der Waals surface area contributed by atoms with Gasteiger partial charge in [-0.15, -0.1) is 0 Å². The van der Waals surface area contributed by atoms with Crippen LogP contribution in [0.2, 0.25) is 0 Å². The molecule has 0 saturated carbocycles.